The van der Waals surface area contributed by atoms with Crippen molar-refractivity contribution >= 4 is 0 Å². The van der Waals surface area contributed by atoms with Crippen molar-refractivity contribution in [3.05, 3.63) is 23.3 Å². The van der Waals surface area contributed by atoms with Gasteiger partial charge < -0.3 is 19.9 Å². The van der Waals surface area contributed by atoms with Gasteiger partial charge in [-0.15, -0.1) is 0 Å². The second-order valence-electron chi connectivity index (χ2n) is 3.63. The summed E-state index contributed by atoms with van der Waals surface area (Å²) < 4.78 is 15.6. The zero-order valence-corrected chi connectivity index (χ0v) is 10.2. The fourth-order valence-electron chi connectivity index (χ4n) is 1.63. The molecule has 0 amide bonds. The summed E-state index contributed by atoms with van der Waals surface area (Å²) in [5.41, 5.74) is 7.91. The topological polar surface area (TPSA) is 53.7 Å². The Bertz CT molecular complexity index is 352. The van der Waals surface area contributed by atoms with E-state index in [4.69, 9.17) is 19.9 Å². The average Bonchev–Trinajstić information content (AvgIpc) is 2.28. The van der Waals surface area contributed by atoms with E-state index in [1.54, 1.807) is 21.3 Å². The molecule has 0 saturated carbocycles. The summed E-state index contributed by atoms with van der Waals surface area (Å²) in [7, 11) is 4.89. The third kappa shape index (κ3) is 2.65. The minimum absolute atomic E-state index is 0.213. The van der Waals surface area contributed by atoms with Gasteiger partial charge in [0.05, 0.1) is 26.9 Å². The largest absolute Gasteiger partial charge is 0.496 e. The Hall–Kier alpha value is -1.26. The molecule has 0 spiro atoms. The van der Waals surface area contributed by atoms with Crippen LogP contribution in [0.1, 0.15) is 17.2 Å². The second kappa shape index (κ2) is 5.72. The molecule has 1 atom stereocenters. The van der Waals surface area contributed by atoms with Crippen molar-refractivity contribution in [1.29, 1.82) is 0 Å². The summed E-state index contributed by atoms with van der Waals surface area (Å²) in [5, 5.41) is 0. The first kappa shape index (κ1) is 12.8. The number of aryl methyl sites for hydroxylation is 1. The fourth-order valence-corrected chi connectivity index (χ4v) is 1.63. The minimum Gasteiger partial charge on any atom is -0.496 e. The normalized spacial score (nSPS) is 12.3. The first-order valence-corrected chi connectivity index (χ1v) is 5.11. The van der Waals surface area contributed by atoms with E-state index >= 15 is 0 Å². The summed E-state index contributed by atoms with van der Waals surface area (Å²) in [4.78, 5) is 0. The molecule has 0 aliphatic rings. The highest BCUT2D eigenvalue weighted by atomic mass is 16.5. The minimum atomic E-state index is -0.213. The smallest absolute Gasteiger partial charge is 0.124 e. The average molecular weight is 225 g/mol. The molecule has 0 heterocycles. The Morgan fingerprint density at radius 1 is 1.12 bits per heavy atom. The van der Waals surface area contributed by atoms with Crippen molar-refractivity contribution in [2.45, 2.75) is 13.0 Å². The number of rotatable bonds is 5. The predicted molar refractivity (Wildman–Crippen MR) is 63.1 cm³/mol. The van der Waals surface area contributed by atoms with Crippen LogP contribution in [0, 0.1) is 6.92 Å². The Kier molecular flexibility index (Phi) is 4.58. The van der Waals surface area contributed by atoms with Gasteiger partial charge in [0, 0.05) is 12.7 Å². The van der Waals surface area contributed by atoms with E-state index in [1.165, 1.54) is 0 Å². The number of hydrogen-bond acceptors (Lipinski definition) is 4. The predicted octanol–water partition coefficient (Wildman–Crippen LogP) is 1.66. The van der Waals surface area contributed by atoms with E-state index in [0.717, 1.165) is 22.6 Å². The standard InChI is InChI=1S/C12H19NO3/c1-8-5-12(16-4)9(6-11(8)15-3)10(13)7-14-2/h5-6,10H,7,13H2,1-4H3. The molecule has 0 fully saturated rings. The summed E-state index contributed by atoms with van der Waals surface area (Å²) in [5.74, 6) is 1.57. The van der Waals surface area contributed by atoms with Crippen molar-refractivity contribution < 1.29 is 14.2 Å². The molecular weight excluding hydrogens is 206 g/mol. The molecule has 0 saturated heterocycles. The van der Waals surface area contributed by atoms with Gasteiger partial charge in [-0.2, -0.15) is 0 Å². The highest BCUT2D eigenvalue weighted by Gasteiger charge is 2.14. The highest BCUT2D eigenvalue weighted by Crippen LogP contribution is 2.31. The van der Waals surface area contributed by atoms with Gasteiger partial charge in [-0.05, 0) is 24.6 Å². The Morgan fingerprint density at radius 3 is 2.25 bits per heavy atom. The number of methoxy groups -OCH3 is 3. The number of hydrogen-bond donors (Lipinski definition) is 1. The summed E-state index contributed by atoms with van der Waals surface area (Å²) in [6.07, 6.45) is 0. The fraction of sp³-hybridized carbons (Fsp3) is 0.500. The van der Waals surface area contributed by atoms with Crippen LogP contribution >= 0.6 is 0 Å². The van der Waals surface area contributed by atoms with E-state index in [0.29, 0.717) is 6.61 Å². The highest BCUT2D eigenvalue weighted by molar-refractivity contribution is 5.47. The van der Waals surface area contributed by atoms with Gasteiger partial charge in [-0.25, -0.2) is 0 Å². The molecule has 2 N–H and O–H groups in total. The zero-order valence-electron chi connectivity index (χ0n) is 10.2. The molecule has 4 nitrogen and oxygen atoms in total. The maximum atomic E-state index is 6.00. The number of ether oxygens (including phenoxy) is 3. The van der Waals surface area contributed by atoms with Crippen LogP contribution in [0.4, 0.5) is 0 Å². The third-order valence-electron chi connectivity index (χ3n) is 2.49. The maximum Gasteiger partial charge on any atom is 0.124 e. The molecule has 0 bridgehead atoms. The molecule has 0 radical (unpaired) electrons. The Balaban J connectivity index is 3.13. The molecule has 0 aliphatic heterocycles. The van der Waals surface area contributed by atoms with Crippen molar-refractivity contribution in [1.82, 2.24) is 0 Å². The van der Waals surface area contributed by atoms with Crippen LogP contribution in [0.15, 0.2) is 12.1 Å². The molecule has 1 rings (SSSR count). The first-order valence-electron chi connectivity index (χ1n) is 5.11. The second-order valence-corrected chi connectivity index (χ2v) is 3.63. The number of benzene rings is 1. The lowest BCUT2D eigenvalue weighted by atomic mass is 10.0. The molecule has 4 heteroatoms. The Morgan fingerprint density at radius 2 is 1.75 bits per heavy atom. The van der Waals surface area contributed by atoms with Crippen molar-refractivity contribution in [2.24, 2.45) is 5.73 Å². The third-order valence-corrected chi connectivity index (χ3v) is 2.49. The van der Waals surface area contributed by atoms with Gasteiger partial charge in [0.2, 0.25) is 0 Å². The summed E-state index contributed by atoms with van der Waals surface area (Å²) >= 11 is 0. The van der Waals surface area contributed by atoms with Gasteiger partial charge in [-0.1, -0.05) is 0 Å². The lowest BCUT2D eigenvalue weighted by Crippen LogP contribution is -2.17. The van der Waals surface area contributed by atoms with Crippen LogP contribution in [0.25, 0.3) is 0 Å². The van der Waals surface area contributed by atoms with Gasteiger partial charge in [0.15, 0.2) is 0 Å². The summed E-state index contributed by atoms with van der Waals surface area (Å²) in [6.45, 7) is 2.41. The molecule has 1 aromatic carbocycles. The van der Waals surface area contributed by atoms with Gasteiger partial charge in [-0.3, -0.25) is 0 Å². The maximum absolute atomic E-state index is 6.00. The van der Waals surface area contributed by atoms with Crippen molar-refractivity contribution in [2.75, 3.05) is 27.9 Å². The van der Waals surface area contributed by atoms with Crippen molar-refractivity contribution in [3.8, 4) is 11.5 Å². The monoisotopic (exact) mass is 225 g/mol. The summed E-state index contributed by atoms with van der Waals surface area (Å²) in [6, 6.07) is 3.61. The quantitative estimate of drug-likeness (QED) is 0.828. The molecular formula is C12H19NO3. The number of nitrogens with two attached hydrogens (primary N) is 1. The lowest BCUT2D eigenvalue weighted by molar-refractivity contribution is 0.179. The molecule has 0 aromatic heterocycles. The van der Waals surface area contributed by atoms with Crippen LogP contribution in [-0.2, 0) is 4.74 Å². The molecule has 0 aliphatic carbocycles. The van der Waals surface area contributed by atoms with Gasteiger partial charge in [0.25, 0.3) is 0 Å². The van der Waals surface area contributed by atoms with Gasteiger partial charge >= 0.3 is 0 Å². The Labute approximate surface area is 96.3 Å². The van der Waals surface area contributed by atoms with Crippen LogP contribution in [-0.4, -0.2) is 27.9 Å². The van der Waals surface area contributed by atoms with Crippen molar-refractivity contribution in [3.63, 3.8) is 0 Å². The van der Waals surface area contributed by atoms with E-state index in [2.05, 4.69) is 0 Å². The van der Waals surface area contributed by atoms with Crippen LogP contribution in [0.2, 0.25) is 0 Å². The molecule has 1 unspecified atom stereocenters. The van der Waals surface area contributed by atoms with E-state index in [9.17, 15) is 0 Å². The zero-order chi connectivity index (χ0) is 12.1. The first-order chi connectivity index (χ1) is 7.63. The SMILES string of the molecule is COCC(N)c1cc(OC)c(C)cc1OC. The van der Waals surface area contributed by atoms with Crippen LogP contribution < -0.4 is 15.2 Å². The molecule has 16 heavy (non-hydrogen) atoms. The van der Waals surface area contributed by atoms with E-state index in [1.807, 2.05) is 19.1 Å². The van der Waals surface area contributed by atoms with E-state index < -0.39 is 0 Å². The molecule has 90 valence electrons. The van der Waals surface area contributed by atoms with Crippen LogP contribution in [0.3, 0.4) is 0 Å². The van der Waals surface area contributed by atoms with Crippen LogP contribution in [0.5, 0.6) is 11.5 Å². The lowest BCUT2D eigenvalue weighted by Gasteiger charge is -2.17. The van der Waals surface area contributed by atoms with E-state index in [-0.39, 0.29) is 6.04 Å². The molecule has 1 aromatic rings. The van der Waals surface area contributed by atoms with Gasteiger partial charge in [0.1, 0.15) is 11.5 Å².